The van der Waals surface area contributed by atoms with E-state index < -0.39 is 54.9 Å². The lowest BCUT2D eigenvalue weighted by atomic mass is 11.9. The molecule has 3 heterocycles. The van der Waals surface area contributed by atoms with Gasteiger partial charge in [-0.05, 0) is 0 Å². The minimum Gasteiger partial charge on any atom is -0.0756 e. The molecule has 0 saturated carbocycles. The van der Waals surface area contributed by atoms with Gasteiger partial charge in [0.15, 0.2) is 0 Å². The lowest BCUT2D eigenvalue weighted by molar-refractivity contribution is 1.72. The van der Waals surface area contributed by atoms with E-state index in [0.29, 0.717) is 0 Å². The van der Waals surface area contributed by atoms with Gasteiger partial charge in [0.05, 0.1) is 0 Å². The molecule has 0 N–H and O–H groups in total. The summed E-state index contributed by atoms with van der Waals surface area (Å²) < 4.78 is 0. The van der Waals surface area contributed by atoms with Gasteiger partial charge < -0.3 is 0 Å². The van der Waals surface area contributed by atoms with Crippen LogP contribution in [0, 0.1) is 0 Å². The fourth-order valence-corrected chi connectivity index (χ4v) is 707. The molecule has 0 radical (unpaired) electrons. The predicted octanol–water partition coefficient (Wildman–Crippen LogP) is 3.96. The van der Waals surface area contributed by atoms with Gasteiger partial charge in [0, 0.05) is 54.9 Å². The van der Waals surface area contributed by atoms with Crippen LogP contribution in [0.3, 0.4) is 0 Å². The maximum absolute atomic E-state index is 3.06. The highest BCUT2D eigenvalue weighted by atomic mass is 30.8. The van der Waals surface area contributed by atoms with E-state index in [-0.39, 0.29) is 0 Å². The van der Waals surface area contributed by atoms with Crippen LogP contribution < -0.4 is 0 Å². The Labute approximate surface area is 133 Å². The van der Waals surface area contributed by atoms with Gasteiger partial charge in [0.25, 0.3) is 0 Å². The Morgan fingerprint density at radius 3 is 0.450 bits per heavy atom. The molecule has 0 unspecified atom stereocenters. The van der Waals surface area contributed by atoms with Crippen LogP contribution in [0.1, 0.15) is 0 Å². The molecule has 8 heteroatoms. The lowest BCUT2D eigenvalue weighted by Gasteiger charge is -3.03. The van der Waals surface area contributed by atoms with Crippen LogP contribution in [0.5, 0.6) is 0 Å². The van der Waals surface area contributed by atoms with E-state index in [1.165, 1.54) is 0 Å². The van der Waals surface area contributed by atoms with Crippen LogP contribution in [0.25, 0.3) is 0 Å². The molecule has 116 valence electrons. The number of hydrogen-bond donors (Lipinski definition) is 0. The number of fused-ring (bicyclic) bond motifs is 4. The maximum atomic E-state index is 3.06. The molecule has 3 aliphatic heterocycles. The van der Waals surface area contributed by atoms with Gasteiger partial charge in [-0.1, -0.05) is 78.6 Å². The third-order valence-electron chi connectivity index (χ3n) is 12.1. The van der Waals surface area contributed by atoms with Crippen LogP contribution in [-0.2, 0) is 0 Å². The topological polar surface area (TPSA) is 0 Å². The third-order valence-corrected chi connectivity index (χ3v) is 325. The van der Waals surface area contributed by atoms with Crippen molar-refractivity contribution < 1.29 is 0 Å². The van der Waals surface area contributed by atoms with Gasteiger partial charge in [-0.3, -0.25) is 0 Å². The van der Waals surface area contributed by atoms with Gasteiger partial charge in [-0.25, -0.2) is 0 Å². The Hall–Kier alpha value is 1.74. The van der Waals surface area contributed by atoms with Crippen molar-refractivity contribution in [2.24, 2.45) is 0 Å². The van der Waals surface area contributed by atoms with Crippen molar-refractivity contribution in [2.75, 3.05) is 0 Å². The van der Waals surface area contributed by atoms with Crippen LogP contribution in [0.2, 0.25) is 78.6 Å². The normalized spacial score (nSPS) is 59.4. The van der Waals surface area contributed by atoms with Gasteiger partial charge in [-0.2, -0.15) is 0 Å². The SMILES string of the molecule is C[Si]1(C)[Si](C)(C)[Si]2(C)[Si]1(C)[Si]1(C)[Si](C)(C)[Si](C)(C)[Si]21C. The molecule has 3 rings (SSSR count). The smallest absolute Gasteiger partial charge is 0.0275 e. The minimum absolute atomic E-state index is 0.725. The monoisotopic (exact) mass is 404 g/mol. The second kappa shape index (κ2) is 3.26. The summed E-state index contributed by atoms with van der Waals surface area (Å²) in [6.45, 7) is 32.7. The molecule has 3 aliphatic rings. The number of rotatable bonds is 0. The fraction of sp³-hybridized carbons (Fsp3) is 1.00. The van der Waals surface area contributed by atoms with Crippen molar-refractivity contribution in [1.82, 2.24) is 0 Å². The highest BCUT2D eigenvalue weighted by molar-refractivity contribution is 8.60. The van der Waals surface area contributed by atoms with Crippen LogP contribution in [0.4, 0.5) is 0 Å². The van der Waals surface area contributed by atoms with E-state index >= 15 is 0 Å². The van der Waals surface area contributed by atoms with Crippen LogP contribution in [-0.4, -0.2) is 54.9 Å². The molecule has 0 aromatic heterocycles. The van der Waals surface area contributed by atoms with E-state index in [2.05, 4.69) is 78.6 Å². The first-order valence-corrected chi connectivity index (χ1v) is 40.5. The average Bonchev–Trinajstić information content (AvgIpc) is 2.32. The van der Waals surface area contributed by atoms with E-state index in [9.17, 15) is 0 Å². The molecule has 0 atom stereocenters. The quantitative estimate of drug-likeness (QED) is 0.536. The van der Waals surface area contributed by atoms with E-state index in [0.717, 1.165) is 0 Å². The molecule has 3 saturated heterocycles. The van der Waals surface area contributed by atoms with E-state index in [4.69, 9.17) is 0 Å². The number of hydrogen-bond acceptors (Lipinski definition) is 0. The van der Waals surface area contributed by atoms with E-state index in [1.807, 2.05) is 0 Å². The Kier molecular flexibility index (Phi) is 2.71. The predicted molar refractivity (Wildman–Crippen MR) is 116 cm³/mol. The van der Waals surface area contributed by atoms with Crippen molar-refractivity contribution in [3.05, 3.63) is 0 Å². The molecule has 0 amide bonds. The van der Waals surface area contributed by atoms with Gasteiger partial charge in [0.1, 0.15) is 0 Å². The molecule has 0 aliphatic carbocycles. The van der Waals surface area contributed by atoms with E-state index in [1.54, 1.807) is 0 Å². The summed E-state index contributed by atoms with van der Waals surface area (Å²) in [6, 6.07) is 0. The summed E-state index contributed by atoms with van der Waals surface area (Å²) >= 11 is 0. The van der Waals surface area contributed by atoms with Crippen molar-refractivity contribution >= 4 is 54.9 Å². The second-order valence-electron chi connectivity index (χ2n) is 11.0. The molecule has 0 spiro atoms. The summed E-state index contributed by atoms with van der Waals surface area (Å²) in [6.07, 6.45) is 0. The summed E-state index contributed by atoms with van der Waals surface area (Å²) in [5, 5.41) is 0. The molecule has 20 heavy (non-hydrogen) atoms. The van der Waals surface area contributed by atoms with Crippen molar-refractivity contribution in [3.8, 4) is 0 Å². The zero-order valence-electron chi connectivity index (χ0n) is 16.0. The van der Waals surface area contributed by atoms with Crippen molar-refractivity contribution in [1.29, 1.82) is 0 Å². The van der Waals surface area contributed by atoms with Crippen molar-refractivity contribution in [3.63, 3.8) is 0 Å². The highest BCUT2D eigenvalue weighted by Crippen LogP contribution is 2.77. The largest absolute Gasteiger partial charge is 0.0756 e. The zero-order valence-corrected chi connectivity index (χ0v) is 24.0. The fourth-order valence-electron chi connectivity index (χ4n) is 9.31. The minimum atomic E-state index is -0.786. The molecule has 0 aromatic carbocycles. The van der Waals surface area contributed by atoms with Crippen LogP contribution >= 0.6 is 0 Å². The first-order valence-electron chi connectivity index (χ1n) is 8.50. The first-order chi connectivity index (χ1) is 8.50. The molecular weight excluding hydrogens is 369 g/mol. The molecule has 0 bridgehead atoms. The van der Waals surface area contributed by atoms with Crippen LogP contribution in [0.15, 0.2) is 0 Å². The van der Waals surface area contributed by atoms with Gasteiger partial charge in [-0.15, -0.1) is 0 Å². The van der Waals surface area contributed by atoms with Gasteiger partial charge >= 0.3 is 0 Å². The third kappa shape index (κ3) is 0.823. The Balaban J connectivity index is 2.32. The zero-order chi connectivity index (χ0) is 16.0. The maximum Gasteiger partial charge on any atom is 0.0275 e. The standard InChI is InChI=1S/C12H36Si8/c1-13(2)14(3,4)18(10)17(13,9)19(11)15(5,6)16(7,8)20(18,19)12/h1-12H3. The summed E-state index contributed by atoms with van der Waals surface area (Å²) in [7, 11) is -3.14. The Morgan fingerprint density at radius 2 is 0.350 bits per heavy atom. The van der Waals surface area contributed by atoms with Crippen molar-refractivity contribution in [2.45, 2.75) is 78.6 Å². The lowest BCUT2D eigenvalue weighted by Crippen LogP contribution is -3.36. The molecular formula is C12H36Si8. The second-order valence-corrected chi connectivity index (χ2v) is 123. The first kappa shape index (κ1) is 16.6. The van der Waals surface area contributed by atoms with Gasteiger partial charge in [0.2, 0.25) is 0 Å². The Morgan fingerprint density at radius 1 is 0.250 bits per heavy atom. The summed E-state index contributed by atoms with van der Waals surface area (Å²) in [5.74, 6) is 0. The Bertz CT molecular complexity index is 428. The summed E-state index contributed by atoms with van der Waals surface area (Å²) in [4.78, 5) is 0. The average molecular weight is 405 g/mol. The summed E-state index contributed by atoms with van der Waals surface area (Å²) in [5.41, 5.74) is 0. The molecule has 0 nitrogen and oxygen atoms in total. The molecule has 3 fully saturated rings. The highest BCUT2D eigenvalue weighted by Gasteiger charge is 3.07. The molecule has 0 aromatic rings.